The van der Waals surface area contributed by atoms with E-state index in [1.807, 2.05) is 23.6 Å². The second kappa shape index (κ2) is 6.89. The van der Waals surface area contributed by atoms with Gasteiger partial charge in [-0.3, -0.25) is 9.78 Å². The van der Waals surface area contributed by atoms with Crippen molar-refractivity contribution in [1.29, 1.82) is 0 Å². The van der Waals surface area contributed by atoms with Crippen molar-refractivity contribution in [2.24, 2.45) is 0 Å². The van der Waals surface area contributed by atoms with Gasteiger partial charge >= 0.3 is 0 Å². The highest BCUT2D eigenvalue weighted by Gasteiger charge is 2.11. The van der Waals surface area contributed by atoms with Crippen LogP contribution in [0.15, 0.2) is 54.2 Å². The largest absolute Gasteiger partial charge is 0.348 e. The molecule has 0 bridgehead atoms. The molecule has 0 aliphatic carbocycles. The number of aromatic nitrogens is 1. The van der Waals surface area contributed by atoms with Gasteiger partial charge in [0.15, 0.2) is 0 Å². The molecule has 0 spiro atoms. The molecule has 1 aromatic carbocycles. The molecule has 0 radical (unpaired) electrons. The molecule has 0 aliphatic heterocycles. The topological polar surface area (TPSA) is 42.0 Å². The summed E-state index contributed by atoms with van der Waals surface area (Å²) in [5.41, 5.74) is 2.13. The summed E-state index contributed by atoms with van der Waals surface area (Å²) in [6, 6.07) is 9.67. The minimum absolute atomic E-state index is 0.0907. The van der Waals surface area contributed by atoms with Crippen LogP contribution in [-0.2, 0) is 6.54 Å². The molecule has 0 aliphatic rings. The lowest BCUT2D eigenvalue weighted by atomic mass is 10.1. The quantitative estimate of drug-likeness (QED) is 0.754. The van der Waals surface area contributed by atoms with E-state index in [9.17, 15) is 9.18 Å². The third-order valence-corrected chi connectivity index (χ3v) is 4.46. The Bertz CT molecular complexity index is 836. The van der Waals surface area contributed by atoms with Crippen molar-refractivity contribution < 1.29 is 9.18 Å². The van der Waals surface area contributed by atoms with Gasteiger partial charge in [0.05, 0.1) is 10.6 Å². The third kappa shape index (κ3) is 3.75. The molecule has 116 valence electrons. The Hall–Kier alpha value is -2.24. The normalized spacial score (nSPS) is 10.5. The Morgan fingerprint density at radius 2 is 2.13 bits per heavy atom. The number of nitrogens with zero attached hydrogens (tertiary/aromatic N) is 1. The molecule has 0 atom stereocenters. The molecular weight excluding hydrogens is 335 g/mol. The van der Waals surface area contributed by atoms with Crippen LogP contribution in [0.3, 0.4) is 0 Å². The first-order chi connectivity index (χ1) is 11.1. The fourth-order valence-corrected chi connectivity index (χ4v) is 3.07. The van der Waals surface area contributed by atoms with Crippen LogP contribution in [0.5, 0.6) is 0 Å². The highest BCUT2D eigenvalue weighted by Crippen LogP contribution is 2.24. The van der Waals surface area contributed by atoms with E-state index < -0.39 is 5.82 Å². The van der Waals surface area contributed by atoms with Crippen LogP contribution in [0.1, 0.15) is 15.9 Å². The zero-order valence-electron chi connectivity index (χ0n) is 11.9. The van der Waals surface area contributed by atoms with Crippen molar-refractivity contribution in [2.75, 3.05) is 0 Å². The predicted octanol–water partition coefficient (Wildman–Crippen LogP) is 4.53. The molecule has 6 heteroatoms. The number of rotatable bonds is 4. The standard InChI is InChI=1S/C17H12ClFN2OS/c18-15-7-13(19)3-4-14(15)17(22)21-9-11-6-12(10-20-8-11)16-2-1-5-23-16/h1-8,10H,9H2,(H,21,22). The maximum absolute atomic E-state index is 13.0. The highest BCUT2D eigenvalue weighted by atomic mass is 35.5. The fourth-order valence-electron chi connectivity index (χ4n) is 2.11. The first kappa shape index (κ1) is 15.6. The van der Waals surface area contributed by atoms with Gasteiger partial charge in [0, 0.05) is 29.4 Å². The molecule has 23 heavy (non-hydrogen) atoms. The van der Waals surface area contributed by atoms with Gasteiger partial charge in [-0.15, -0.1) is 11.3 Å². The van der Waals surface area contributed by atoms with Gasteiger partial charge in [-0.25, -0.2) is 4.39 Å². The number of halogens is 2. The van der Waals surface area contributed by atoms with Crippen molar-refractivity contribution in [2.45, 2.75) is 6.54 Å². The lowest BCUT2D eigenvalue weighted by Gasteiger charge is -2.08. The summed E-state index contributed by atoms with van der Waals surface area (Å²) < 4.78 is 13.0. The average Bonchev–Trinajstić information content (AvgIpc) is 3.07. The Labute approximate surface area is 141 Å². The fraction of sp³-hybridized carbons (Fsp3) is 0.0588. The number of carbonyl (C=O) groups excluding carboxylic acids is 1. The number of hydrogen-bond acceptors (Lipinski definition) is 3. The Morgan fingerprint density at radius 3 is 2.87 bits per heavy atom. The molecular formula is C17H12ClFN2OS. The van der Waals surface area contributed by atoms with Crippen molar-refractivity contribution in [3.63, 3.8) is 0 Å². The SMILES string of the molecule is O=C(NCc1cncc(-c2cccs2)c1)c1ccc(F)cc1Cl. The first-order valence-corrected chi connectivity index (χ1v) is 8.10. The summed E-state index contributed by atoms with van der Waals surface area (Å²) in [6.07, 6.45) is 3.48. The van der Waals surface area contributed by atoms with Crippen molar-refractivity contribution >= 4 is 28.8 Å². The van der Waals surface area contributed by atoms with E-state index in [2.05, 4.69) is 10.3 Å². The van der Waals surface area contributed by atoms with E-state index in [0.29, 0.717) is 6.54 Å². The van der Waals surface area contributed by atoms with Crippen molar-refractivity contribution in [1.82, 2.24) is 10.3 Å². The van der Waals surface area contributed by atoms with Crippen LogP contribution >= 0.6 is 22.9 Å². The minimum Gasteiger partial charge on any atom is -0.348 e. The van der Waals surface area contributed by atoms with Gasteiger partial charge < -0.3 is 5.32 Å². The lowest BCUT2D eigenvalue weighted by molar-refractivity contribution is 0.0951. The molecule has 0 saturated carbocycles. The molecule has 3 aromatic rings. The molecule has 1 amide bonds. The number of thiophene rings is 1. The highest BCUT2D eigenvalue weighted by molar-refractivity contribution is 7.13. The number of pyridine rings is 1. The lowest BCUT2D eigenvalue weighted by Crippen LogP contribution is -2.23. The molecule has 1 N–H and O–H groups in total. The van der Waals surface area contributed by atoms with Crippen LogP contribution in [0.2, 0.25) is 5.02 Å². The van der Waals surface area contributed by atoms with Gasteiger partial charge in [-0.2, -0.15) is 0 Å². The second-order valence-corrected chi connectivity index (χ2v) is 6.22. The van der Waals surface area contributed by atoms with Crippen molar-refractivity contribution in [3.8, 4) is 10.4 Å². The summed E-state index contributed by atoms with van der Waals surface area (Å²) in [4.78, 5) is 17.4. The van der Waals surface area contributed by atoms with E-state index >= 15 is 0 Å². The van der Waals surface area contributed by atoms with E-state index in [1.165, 1.54) is 12.1 Å². The van der Waals surface area contributed by atoms with E-state index in [-0.39, 0.29) is 16.5 Å². The van der Waals surface area contributed by atoms with Crippen LogP contribution in [0.4, 0.5) is 4.39 Å². The second-order valence-electron chi connectivity index (χ2n) is 4.87. The number of benzene rings is 1. The molecule has 2 aromatic heterocycles. The predicted molar refractivity (Wildman–Crippen MR) is 90.1 cm³/mol. The molecule has 3 rings (SSSR count). The summed E-state index contributed by atoms with van der Waals surface area (Å²) in [7, 11) is 0. The Balaban J connectivity index is 1.71. The average molecular weight is 347 g/mol. The summed E-state index contributed by atoms with van der Waals surface area (Å²) in [5, 5.41) is 4.86. The molecule has 3 nitrogen and oxygen atoms in total. The Kier molecular flexibility index (Phi) is 4.69. The maximum atomic E-state index is 13.0. The van der Waals surface area contributed by atoms with Crippen molar-refractivity contribution in [3.05, 3.63) is 76.1 Å². The summed E-state index contributed by atoms with van der Waals surface area (Å²) >= 11 is 7.52. The molecule has 2 heterocycles. The summed E-state index contributed by atoms with van der Waals surface area (Å²) in [5.74, 6) is -0.823. The third-order valence-electron chi connectivity index (χ3n) is 3.23. The van der Waals surface area contributed by atoms with Crippen LogP contribution < -0.4 is 5.32 Å². The molecule has 0 saturated heterocycles. The van der Waals surface area contributed by atoms with Gasteiger partial charge in [-0.05, 0) is 41.3 Å². The van der Waals surface area contributed by atoms with Gasteiger partial charge in [-0.1, -0.05) is 17.7 Å². The molecule has 0 unspecified atom stereocenters. The molecule has 0 fully saturated rings. The number of amides is 1. The zero-order valence-corrected chi connectivity index (χ0v) is 13.5. The monoisotopic (exact) mass is 346 g/mol. The first-order valence-electron chi connectivity index (χ1n) is 6.84. The number of carbonyl (C=O) groups is 1. The van der Waals surface area contributed by atoms with Gasteiger partial charge in [0.2, 0.25) is 0 Å². The zero-order chi connectivity index (χ0) is 16.2. The number of hydrogen-bond donors (Lipinski definition) is 1. The maximum Gasteiger partial charge on any atom is 0.253 e. The Morgan fingerprint density at radius 1 is 1.26 bits per heavy atom. The van der Waals surface area contributed by atoms with E-state index in [0.717, 1.165) is 22.1 Å². The van der Waals surface area contributed by atoms with Gasteiger partial charge in [0.1, 0.15) is 5.82 Å². The van der Waals surface area contributed by atoms with Gasteiger partial charge in [0.25, 0.3) is 5.91 Å². The summed E-state index contributed by atoms with van der Waals surface area (Å²) in [6.45, 7) is 0.318. The minimum atomic E-state index is -0.473. The van der Waals surface area contributed by atoms with Crippen LogP contribution in [0.25, 0.3) is 10.4 Å². The smallest absolute Gasteiger partial charge is 0.253 e. The number of nitrogens with one attached hydrogen (secondary N) is 1. The van der Waals surface area contributed by atoms with Crippen LogP contribution in [0, 0.1) is 5.82 Å². The van der Waals surface area contributed by atoms with E-state index in [1.54, 1.807) is 23.7 Å². The van der Waals surface area contributed by atoms with E-state index in [4.69, 9.17) is 11.6 Å². The van der Waals surface area contributed by atoms with Crippen LogP contribution in [-0.4, -0.2) is 10.9 Å².